The van der Waals surface area contributed by atoms with Crippen molar-refractivity contribution in [3.05, 3.63) is 53.1 Å². The Hall–Kier alpha value is -1.81. The Labute approximate surface area is 113 Å². The van der Waals surface area contributed by atoms with Gasteiger partial charge < -0.3 is 4.74 Å². The molecule has 2 heterocycles. The standard InChI is InChI=1S/C14H11BrN2O/c1-18-13-4-2-3-12-9-16-14(17(12)13)10-5-7-11(15)8-6-10/h2-9H,1H3. The van der Waals surface area contributed by atoms with Gasteiger partial charge in [-0.2, -0.15) is 0 Å². The van der Waals surface area contributed by atoms with E-state index < -0.39 is 0 Å². The van der Waals surface area contributed by atoms with Crippen molar-refractivity contribution in [2.45, 2.75) is 0 Å². The number of nitrogens with zero attached hydrogens (tertiary/aromatic N) is 2. The summed E-state index contributed by atoms with van der Waals surface area (Å²) in [4.78, 5) is 4.47. The van der Waals surface area contributed by atoms with E-state index >= 15 is 0 Å². The minimum Gasteiger partial charge on any atom is -0.482 e. The molecule has 3 nitrogen and oxygen atoms in total. The second-order valence-corrected chi connectivity index (χ2v) is 4.83. The number of benzene rings is 1. The number of halogens is 1. The zero-order valence-corrected chi connectivity index (χ0v) is 11.4. The van der Waals surface area contributed by atoms with Crippen molar-refractivity contribution in [1.29, 1.82) is 0 Å². The number of rotatable bonds is 2. The van der Waals surface area contributed by atoms with Crippen molar-refractivity contribution in [3.63, 3.8) is 0 Å². The zero-order valence-electron chi connectivity index (χ0n) is 9.80. The molecule has 0 saturated heterocycles. The van der Waals surface area contributed by atoms with Crippen LogP contribution in [0.1, 0.15) is 0 Å². The fraction of sp³-hybridized carbons (Fsp3) is 0.0714. The van der Waals surface area contributed by atoms with Crippen LogP contribution in [0.15, 0.2) is 53.1 Å². The average molecular weight is 303 g/mol. The Kier molecular flexibility index (Phi) is 2.80. The second kappa shape index (κ2) is 4.46. The number of aromatic nitrogens is 2. The van der Waals surface area contributed by atoms with E-state index in [1.807, 2.05) is 53.1 Å². The predicted octanol–water partition coefficient (Wildman–Crippen LogP) is 3.77. The van der Waals surface area contributed by atoms with Crippen LogP contribution in [0.3, 0.4) is 0 Å². The molecule has 0 spiro atoms. The van der Waals surface area contributed by atoms with Gasteiger partial charge in [0.1, 0.15) is 5.82 Å². The lowest BCUT2D eigenvalue weighted by Gasteiger charge is -2.07. The highest BCUT2D eigenvalue weighted by atomic mass is 79.9. The molecule has 3 rings (SSSR count). The van der Waals surface area contributed by atoms with Crippen LogP contribution in [-0.4, -0.2) is 16.5 Å². The molecule has 0 amide bonds. The predicted molar refractivity (Wildman–Crippen MR) is 74.9 cm³/mol. The number of imidazole rings is 1. The van der Waals surface area contributed by atoms with E-state index in [2.05, 4.69) is 20.9 Å². The van der Waals surface area contributed by atoms with Crippen LogP contribution < -0.4 is 4.74 Å². The largest absolute Gasteiger partial charge is 0.482 e. The third kappa shape index (κ3) is 1.78. The van der Waals surface area contributed by atoms with Crippen LogP contribution in [0.2, 0.25) is 0 Å². The molecule has 4 heteroatoms. The quantitative estimate of drug-likeness (QED) is 0.720. The van der Waals surface area contributed by atoms with Crippen molar-refractivity contribution < 1.29 is 4.74 Å². The lowest BCUT2D eigenvalue weighted by molar-refractivity contribution is 0.393. The minimum absolute atomic E-state index is 0.780. The number of fused-ring (bicyclic) bond motifs is 1. The van der Waals surface area contributed by atoms with Crippen LogP contribution >= 0.6 is 15.9 Å². The molecule has 0 aliphatic heterocycles. The molecule has 0 aliphatic carbocycles. The lowest BCUT2D eigenvalue weighted by Crippen LogP contribution is -1.95. The molecular weight excluding hydrogens is 292 g/mol. The van der Waals surface area contributed by atoms with Crippen LogP contribution in [-0.2, 0) is 0 Å². The molecular formula is C14H11BrN2O. The Morgan fingerprint density at radius 3 is 2.61 bits per heavy atom. The highest BCUT2D eigenvalue weighted by Gasteiger charge is 2.09. The smallest absolute Gasteiger partial charge is 0.199 e. The van der Waals surface area contributed by atoms with Crippen LogP contribution in [0.5, 0.6) is 5.88 Å². The summed E-state index contributed by atoms with van der Waals surface area (Å²) in [6.45, 7) is 0. The summed E-state index contributed by atoms with van der Waals surface area (Å²) in [6.07, 6.45) is 1.85. The van der Waals surface area contributed by atoms with Gasteiger partial charge >= 0.3 is 0 Å². The zero-order chi connectivity index (χ0) is 12.5. The van der Waals surface area contributed by atoms with Crippen molar-refractivity contribution >= 4 is 21.4 Å². The average Bonchev–Trinajstić information content (AvgIpc) is 2.83. The molecule has 0 radical (unpaired) electrons. The van der Waals surface area contributed by atoms with E-state index in [0.717, 1.165) is 27.3 Å². The molecule has 0 saturated carbocycles. The first kappa shape index (κ1) is 11.3. The highest BCUT2D eigenvalue weighted by molar-refractivity contribution is 9.10. The van der Waals surface area contributed by atoms with E-state index in [9.17, 15) is 0 Å². The summed E-state index contributed by atoms with van der Waals surface area (Å²) in [5.74, 6) is 1.66. The normalized spacial score (nSPS) is 10.8. The molecule has 0 atom stereocenters. The van der Waals surface area contributed by atoms with E-state index in [0.29, 0.717) is 0 Å². The number of ether oxygens (including phenoxy) is 1. The second-order valence-electron chi connectivity index (χ2n) is 3.92. The molecule has 0 unspecified atom stereocenters. The molecule has 0 N–H and O–H groups in total. The molecule has 0 bridgehead atoms. The Balaban J connectivity index is 2.26. The maximum atomic E-state index is 5.39. The fourth-order valence-corrected chi connectivity index (χ4v) is 2.24. The fourth-order valence-electron chi connectivity index (χ4n) is 1.98. The number of hydrogen-bond acceptors (Lipinski definition) is 2. The topological polar surface area (TPSA) is 26.5 Å². The van der Waals surface area contributed by atoms with Crippen LogP contribution in [0.25, 0.3) is 16.9 Å². The first-order valence-electron chi connectivity index (χ1n) is 5.56. The van der Waals surface area contributed by atoms with Crippen LogP contribution in [0.4, 0.5) is 0 Å². The number of methoxy groups -OCH3 is 1. The molecule has 3 aromatic rings. The molecule has 0 aliphatic rings. The monoisotopic (exact) mass is 302 g/mol. The van der Waals surface area contributed by atoms with Crippen molar-refractivity contribution in [3.8, 4) is 17.3 Å². The Morgan fingerprint density at radius 1 is 1.11 bits per heavy atom. The summed E-state index contributed by atoms with van der Waals surface area (Å²) in [5, 5.41) is 0. The van der Waals surface area contributed by atoms with Gasteiger partial charge in [-0.25, -0.2) is 4.98 Å². The molecule has 0 fully saturated rings. The van der Waals surface area contributed by atoms with E-state index in [4.69, 9.17) is 4.74 Å². The van der Waals surface area contributed by atoms with E-state index in [-0.39, 0.29) is 0 Å². The summed E-state index contributed by atoms with van der Waals surface area (Å²) < 4.78 is 8.44. The molecule has 1 aromatic carbocycles. The van der Waals surface area contributed by atoms with Gasteiger partial charge in [0.15, 0.2) is 5.88 Å². The van der Waals surface area contributed by atoms with Crippen molar-refractivity contribution in [1.82, 2.24) is 9.38 Å². The van der Waals surface area contributed by atoms with Gasteiger partial charge in [-0.3, -0.25) is 4.40 Å². The SMILES string of the molecule is COc1cccc2cnc(-c3ccc(Br)cc3)n12. The van der Waals surface area contributed by atoms with Gasteiger partial charge in [0.05, 0.1) is 18.8 Å². The number of pyridine rings is 1. The minimum atomic E-state index is 0.780. The first-order chi connectivity index (χ1) is 8.79. The van der Waals surface area contributed by atoms with Gasteiger partial charge in [0.25, 0.3) is 0 Å². The highest BCUT2D eigenvalue weighted by Crippen LogP contribution is 2.25. The van der Waals surface area contributed by atoms with Gasteiger partial charge in [-0.1, -0.05) is 34.1 Å². The van der Waals surface area contributed by atoms with Gasteiger partial charge in [-0.05, 0) is 24.3 Å². The summed E-state index contributed by atoms with van der Waals surface area (Å²) in [7, 11) is 1.67. The third-order valence-electron chi connectivity index (χ3n) is 2.83. The van der Waals surface area contributed by atoms with E-state index in [1.54, 1.807) is 7.11 Å². The van der Waals surface area contributed by atoms with E-state index in [1.165, 1.54) is 0 Å². The maximum Gasteiger partial charge on any atom is 0.199 e. The molecule has 90 valence electrons. The summed E-state index contributed by atoms with van der Waals surface area (Å²) in [6, 6.07) is 14.0. The van der Waals surface area contributed by atoms with Gasteiger partial charge in [0, 0.05) is 10.0 Å². The first-order valence-corrected chi connectivity index (χ1v) is 6.35. The molecule has 2 aromatic heterocycles. The summed E-state index contributed by atoms with van der Waals surface area (Å²) in [5.41, 5.74) is 2.08. The Morgan fingerprint density at radius 2 is 1.89 bits per heavy atom. The maximum absolute atomic E-state index is 5.39. The van der Waals surface area contributed by atoms with Crippen LogP contribution in [0, 0.1) is 0 Å². The third-order valence-corrected chi connectivity index (χ3v) is 3.36. The van der Waals surface area contributed by atoms with Crippen molar-refractivity contribution in [2.24, 2.45) is 0 Å². The summed E-state index contributed by atoms with van der Waals surface area (Å²) >= 11 is 3.43. The lowest BCUT2D eigenvalue weighted by atomic mass is 10.2. The van der Waals surface area contributed by atoms with Crippen molar-refractivity contribution in [2.75, 3.05) is 7.11 Å². The number of hydrogen-bond donors (Lipinski definition) is 0. The van der Waals surface area contributed by atoms with Gasteiger partial charge in [-0.15, -0.1) is 0 Å². The Bertz CT molecular complexity index is 689. The molecule has 18 heavy (non-hydrogen) atoms. The van der Waals surface area contributed by atoms with Gasteiger partial charge in [0.2, 0.25) is 0 Å².